The molecule has 0 spiro atoms. The number of amides is 1. The summed E-state index contributed by atoms with van der Waals surface area (Å²) in [7, 11) is 0. The molecule has 33 heavy (non-hydrogen) atoms. The molecule has 0 aliphatic rings. The van der Waals surface area contributed by atoms with E-state index in [9.17, 15) is 38.0 Å². The maximum atomic E-state index is 12.8. The molecule has 3 aromatic carbocycles. The number of carbonyl (C=O) groups is 2. The summed E-state index contributed by atoms with van der Waals surface area (Å²) < 4.78 is 43.8. The fourth-order valence-electron chi connectivity index (χ4n) is 2.77. The largest absolute Gasteiger partial charge is 0.478 e. The SMILES string of the molecule is O=C(O)c1ccccc1NC(=O)c1cc(Oc2ccc(C(F)(F)F)cc2Cl)ccc1[N+](=O)[O-]. The number of halogens is 4. The number of hydrogen-bond donors (Lipinski definition) is 2. The molecule has 0 heterocycles. The van der Waals surface area contributed by atoms with E-state index in [1.807, 2.05) is 0 Å². The zero-order chi connectivity index (χ0) is 24.3. The lowest BCUT2D eigenvalue weighted by Gasteiger charge is -2.12. The number of benzene rings is 3. The van der Waals surface area contributed by atoms with Crippen molar-refractivity contribution in [2.45, 2.75) is 6.18 Å². The Morgan fingerprint density at radius 2 is 1.73 bits per heavy atom. The third-order valence-electron chi connectivity index (χ3n) is 4.30. The molecule has 0 fully saturated rings. The minimum absolute atomic E-state index is 0.0959. The second kappa shape index (κ2) is 9.17. The molecule has 0 aliphatic heterocycles. The number of carbonyl (C=O) groups excluding carboxylic acids is 1. The summed E-state index contributed by atoms with van der Waals surface area (Å²) in [6.45, 7) is 0. The van der Waals surface area contributed by atoms with Crippen LogP contribution >= 0.6 is 11.6 Å². The topological polar surface area (TPSA) is 119 Å². The highest BCUT2D eigenvalue weighted by Crippen LogP contribution is 2.37. The normalized spacial score (nSPS) is 11.0. The van der Waals surface area contributed by atoms with Gasteiger partial charge in [0.2, 0.25) is 0 Å². The molecule has 0 atom stereocenters. The summed E-state index contributed by atoms with van der Waals surface area (Å²) in [5.41, 5.74) is -2.41. The lowest BCUT2D eigenvalue weighted by molar-refractivity contribution is -0.385. The average Bonchev–Trinajstić information content (AvgIpc) is 2.74. The van der Waals surface area contributed by atoms with E-state index in [4.69, 9.17) is 16.3 Å². The second-order valence-corrected chi connectivity index (χ2v) is 6.89. The van der Waals surface area contributed by atoms with Crippen molar-refractivity contribution in [2.24, 2.45) is 0 Å². The quantitative estimate of drug-likeness (QED) is 0.329. The van der Waals surface area contributed by atoms with E-state index < -0.39 is 39.8 Å². The Morgan fingerprint density at radius 3 is 2.33 bits per heavy atom. The van der Waals surface area contributed by atoms with Crippen molar-refractivity contribution in [3.05, 3.63) is 92.5 Å². The number of alkyl halides is 3. The fraction of sp³-hybridized carbons (Fsp3) is 0.0476. The minimum atomic E-state index is -4.62. The molecule has 1 amide bonds. The van der Waals surface area contributed by atoms with Gasteiger partial charge in [-0.1, -0.05) is 23.7 Å². The number of para-hydroxylation sites is 1. The Kier molecular flexibility index (Phi) is 6.54. The lowest BCUT2D eigenvalue weighted by Crippen LogP contribution is -2.16. The summed E-state index contributed by atoms with van der Waals surface area (Å²) in [5.74, 6) is -2.63. The molecule has 0 aliphatic carbocycles. The summed E-state index contributed by atoms with van der Waals surface area (Å²) >= 11 is 5.86. The van der Waals surface area contributed by atoms with Crippen molar-refractivity contribution in [3.63, 3.8) is 0 Å². The van der Waals surface area contributed by atoms with Gasteiger partial charge in [-0.05, 0) is 36.4 Å². The first kappa shape index (κ1) is 23.5. The average molecular weight is 481 g/mol. The van der Waals surface area contributed by atoms with Gasteiger partial charge in [-0.2, -0.15) is 13.2 Å². The fourth-order valence-corrected chi connectivity index (χ4v) is 2.99. The summed E-state index contributed by atoms with van der Waals surface area (Å²) in [6.07, 6.45) is -4.62. The maximum Gasteiger partial charge on any atom is 0.416 e. The van der Waals surface area contributed by atoms with Gasteiger partial charge in [-0.25, -0.2) is 4.79 Å². The molecule has 0 saturated heterocycles. The summed E-state index contributed by atoms with van der Waals surface area (Å²) in [4.78, 5) is 34.6. The molecule has 2 N–H and O–H groups in total. The number of carboxylic acid groups (broad SMARTS) is 1. The van der Waals surface area contributed by atoms with Crippen LogP contribution < -0.4 is 10.1 Å². The number of anilines is 1. The third kappa shape index (κ3) is 5.39. The van der Waals surface area contributed by atoms with Crippen molar-refractivity contribution in [1.82, 2.24) is 0 Å². The maximum absolute atomic E-state index is 12.8. The van der Waals surface area contributed by atoms with Gasteiger partial charge in [0.15, 0.2) is 0 Å². The Morgan fingerprint density at radius 1 is 1.03 bits per heavy atom. The van der Waals surface area contributed by atoms with Crippen LogP contribution in [0.5, 0.6) is 11.5 Å². The van der Waals surface area contributed by atoms with Crippen molar-refractivity contribution >= 4 is 34.9 Å². The number of rotatable bonds is 6. The lowest BCUT2D eigenvalue weighted by atomic mass is 10.1. The molecule has 0 bridgehead atoms. The van der Waals surface area contributed by atoms with Crippen molar-refractivity contribution < 1.29 is 37.5 Å². The molecule has 0 radical (unpaired) electrons. The molecular formula is C21H12ClF3N2O6. The van der Waals surface area contributed by atoms with E-state index in [1.165, 1.54) is 24.3 Å². The first-order valence-corrected chi connectivity index (χ1v) is 9.32. The summed E-state index contributed by atoms with van der Waals surface area (Å²) in [6, 6.07) is 10.9. The van der Waals surface area contributed by atoms with E-state index in [1.54, 1.807) is 0 Å². The van der Waals surface area contributed by atoms with Crippen molar-refractivity contribution in [1.29, 1.82) is 0 Å². The molecule has 8 nitrogen and oxygen atoms in total. The Labute approximate surface area is 188 Å². The van der Waals surface area contributed by atoms with Crippen molar-refractivity contribution in [3.8, 4) is 11.5 Å². The molecule has 0 aromatic heterocycles. The highest BCUT2D eigenvalue weighted by Gasteiger charge is 2.31. The van der Waals surface area contributed by atoms with Crippen LogP contribution in [0.2, 0.25) is 5.02 Å². The van der Waals surface area contributed by atoms with Crippen molar-refractivity contribution in [2.75, 3.05) is 5.32 Å². The van der Waals surface area contributed by atoms with Crippen LogP contribution in [0.4, 0.5) is 24.5 Å². The highest BCUT2D eigenvalue weighted by molar-refractivity contribution is 6.32. The van der Waals surface area contributed by atoms with E-state index in [0.29, 0.717) is 6.07 Å². The zero-order valence-corrected chi connectivity index (χ0v) is 17.0. The molecule has 0 unspecified atom stereocenters. The number of nitrogens with zero attached hydrogens (tertiary/aromatic N) is 1. The predicted octanol–water partition coefficient (Wildman–Crippen LogP) is 6.01. The van der Waals surface area contributed by atoms with Gasteiger partial charge in [0, 0.05) is 12.1 Å². The molecule has 12 heteroatoms. The van der Waals surface area contributed by atoms with Gasteiger partial charge in [0.25, 0.3) is 11.6 Å². The Bertz CT molecular complexity index is 1260. The van der Waals surface area contributed by atoms with Gasteiger partial charge in [0.1, 0.15) is 17.1 Å². The van der Waals surface area contributed by atoms with E-state index >= 15 is 0 Å². The number of nitro groups is 1. The standard InChI is InChI=1S/C21H12ClF3N2O6/c22-15-9-11(21(23,24)25)5-8-18(15)33-12-6-7-17(27(31)32)14(10-12)19(28)26-16-4-2-1-3-13(16)20(29)30/h1-10H,(H,26,28)(H,29,30). The predicted molar refractivity (Wildman–Crippen MR) is 111 cm³/mol. The smallest absolute Gasteiger partial charge is 0.416 e. The van der Waals surface area contributed by atoms with Crippen LogP contribution in [0.3, 0.4) is 0 Å². The van der Waals surface area contributed by atoms with Gasteiger partial charge >= 0.3 is 12.1 Å². The van der Waals surface area contributed by atoms with Gasteiger partial charge in [-0.15, -0.1) is 0 Å². The first-order chi connectivity index (χ1) is 15.5. The number of carboxylic acids is 1. The monoisotopic (exact) mass is 480 g/mol. The van der Waals surface area contributed by atoms with Crippen LogP contribution in [-0.2, 0) is 6.18 Å². The highest BCUT2D eigenvalue weighted by atomic mass is 35.5. The zero-order valence-electron chi connectivity index (χ0n) is 16.2. The number of nitrogens with one attached hydrogen (secondary N) is 1. The minimum Gasteiger partial charge on any atom is -0.478 e. The van der Waals surface area contributed by atoms with Crippen LogP contribution in [-0.4, -0.2) is 21.9 Å². The first-order valence-electron chi connectivity index (χ1n) is 8.94. The second-order valence-electron chi connectivity index (χ2n) is 6.49. The molecule has 0 saturated carbocycles. The van der Waals surface area contributed by atoms with Crippen LogP contribution in [0.1, 0.15) is 26.3 Å². The van der Waals surface area contributed by atoms with Gasteiger partial charge in [-0.3, -0.25) is 14.9 Å². The van der Waals surface area contributed by atoms with Gasteiger partial charge < -0.3 is 15.2 Å². The number of hydrogen-bond acceptors (Lipinski definition) is 5. The Balaban J connectivity index is 1.94. The molecule has 170 valence electrons. The summed E-state index contributed by atoms with van der Waals surface area (Å²) in [5, 5.41) is 22.5. The molecule has 3 aromatic rings. The van der Waals surface area contributed by atoms with E-state index in [2.05, 4.69) is 5.32 Å². The molecule has 3 rings (SSSR count). The number of aromatic carboxylic acids is 1. The van der Waals surface area contributed by atoms with Gasteiger partial charge in [0.05, 0.1) is 26.8 Å². The van der Waals surface area contributed by atoms with Crippen LogP contribution in [0.15, 0.2) is 60.7 Å². The molecular weight excluding hydrogens is 469 g/mol. The van der Waals surface area contributed by atoms with Crippen LogP contribution in [0.25, 0.3) is 0 Å². The van der Waals surface area contributed by atoms with E-state index in [0.717, 1.165) is 30.3 Å². The third-order valence-corrected chi connectivity index (χ3v) is 4.60. The van der Waals surface area contributed by atoms with E-state index in [-0.39, 0.29) is 27.8 Å². The Hall–Kier alpha value is -4.12. The number of nitro benzene ring substituents is 1. The number of ether oxygens (including phenoxy) is 1. The van der Waals surface area contributed by atoms with Crippen LogP contribution in [0, 0.1) is 10.1 Å².